The zero-order valence-corrected chi connectivity index (χ0v) is 6.21. The number of aliphatic carboxylic acids is 1. The van der Waals surface area contributed by atoms with Crippen molar-refractivity contribution in [2.75, 3.05) is 0 Å². The van der Waals surface area contributed by atoms with Crippen LogP contribution in [0, 0.1) is 5.92 Å². The molecule has 0 amide bonds. The Kier molecular flexibility index (Phi) is 2.10. The van der Waals surface area contributed by atoms with Crippen molar-refractivity contribution in [2.45, 2.75) is 0 Å². The lowest BCUT2D eigenvalue weighted by atomic mass is 10.00. The van der Waals surface area contributed by atoms with Crippen molar-refractivity contribution < 1.29 is 14.7 Å². The molecule has 0 aliphatic heterocycles. The Morgan fingerprint density at radius 3 is 2.73 bits per heavy atom. The summed E-state index contributed by atoms with van der Waals surface area (Å²) in [6.45, 7) is 0. The Bertz CT molecular complexity index is 265. The van der Waals surface area contributed by atoms with Crippen LogP contribution in [0.25, 0.3) is 0 Å². The molecule has 0 bridgehead atoms. The number of allylic oxidation sites excluding steroid dienone is 3. The minimum atomic E-state index is -1.15. The summed E-state index contributed by atoms with van der Waals surface area (Å²) in [7, 11) is 0. The van der Waals surface area contributed by atoms with E-state index in [4.69, 9.17) is 16.7 Å². The number of carbonyl (C=O) groups is 2. The fourth-order valence-electron chi connectivity index (χ4n) is 0.761. The first-order valence-corrected chi connectivity index (χ1v) is 3.31. The number of ketones is 1. The van der Waals surface area contributed by atoms with E-state index in [1.807, 2.05) is 0 Å². The molecule has 0 saturated carbocycles. The molecule has 0 saturated heterocycles. The number of carboxylic acid groups (broad SMARTS) is 1. The van der Waals surface area contributed by atoms with Gasteiger partial charge in [0.05, 0.1) is 0 Å². The standard InChI is InChI=1S/C7H5ClO3/c8-4-1-2-5(7(10)11)6(9)3-4/h1-3,5H,(H,10,11). The second-order valence-corrected chi connectivity index (χ2v) is 2.54. The van der Waals surface area contributed by atoms with Crippen molar-refractivity contribution in [1.82, 2.24) is 0 Å². The number of hydrogen-bond donors (Lipinski definition) is 1. The smallest absolute Gasteiger partial charge is 0.318 e. The van der Waals surface area contributed by atoms with Crippen LogP contribution in [-0.4, -0.2) is 16.9 Å². The first-order valence-electron chi connectivity index (χ1n) is 2.93. The van der Waals surface area contributed by atoms with Gasteiger partial charge in [-0.2, -0.15) is 0 Å². The second kappa shape index (κ2) is 2.88. The highest BCUT2D eigenvalue weighted by molar-refractivity contribution is 6.33. The first kappa shape index (κ1) is 8.01. The summed E-state index contributed by atoms with van der Waals surface area (Å²) < 4.78 is 0. The minimum Gasteiger partial charge on any atom is -0.480 e. The molecule has 1 rings (SSSR count). The topological polar surface area (TPSA) is 54.4 Å². The molecule has 3 nitrogen and oxygen atoms in total. The molecule has 4 heteroatoms. The van der Waals surface area contributed by atoms with Gasteiger partial charge in [0.2, 0.25) is 0 Å². The summed E-state index contributed by atoms with van der Waals surface area (Å²) in [6, 6.07) is 0. The molecule has 1 N–H and O–H groups in total. The molecule has 1 aliphatic rings. The van der Waals surface area contributed by atoms with Gasteiger partial charge in [-0.15, -0.1) is 0 Å². The molecule has 0 aromatic carbocycles. The lowest BCUT2D eigenvalue weighted by Gasteiger charge is -2.06. The normalized spacial score (nSPS) is 23.2. The number of hydrogen-bond acceptors (Lipinski definition) is 2. The molecule has 1 aliphatic carbocycles. The van der Waals surface area contributed by atoms with Crippen molar-refractivity contribution in [3.8, 4) is 0 Å². The van der Waals surface area contributed by atoms with Gasteiger partial charge < -0.3 is 5.11 Å². The maximum absolute atomic E-state index is 10.9. The van der Waals surface area contributed by atoms with Crippen LogP contribution < -0.4 is 0 Å². The molecular weight excluding hydrogens is 168 g/mol. The average Bonchev–Trinajstić information content (AvgIpc) is 1.85. The summed E-state index contributed by atoms with van der Waals surface area (Å²) in [5.74, 6) is -2.69. The van der Waals surface area contributed by atoms with Gasteiger partial charge >= 0.3 is 5.97 Å². The Balaban J connectivity index is 2.86. The predicted octanol–water partition coefficient (Wildman–Crippen LogP) is 0.949. The van der Waals surface area contributed by atoms with Crippen molar-refractivity contribution in [1.29, 1.82) is 0 Å². The largest absolute Gasteiger partial charge is 0.480 e. The molecule has 0 aromatic rings. The molecule has 11 heavy (non-hydrogen) atoms. The Morgan fingerprint density at radius 2 is 2.27 bits per heavy atom. The molecular formula is C7H5ClO3. The maximum atomic E-state index is 10.9. The fourth-order valence-corrected chi connectivity index (χ4v) is 0.941. The lowest BCUT2D eigenvalue weighted by Crippen LogP contribution is -2.21. The molecule has 0 aromatic heterocycles. The van der Waals surface area contributed by atoms with E-state index in [9.17, 15) is 9.59 Å². The van der Waals surface area contributed by atoms with Crippen molar-refractivity contribution in [2.24, 2.45) is 5.92 Å². The van der Waals surface area contributed by atoms with Crippen molar-refractivity contribution in [3.05, 3.63) is 23.3 Å². The molecule has 58 valence electrons. The van der Waals surface area contributed by atoms with E-state index >= 15 is 0 Å². The molecule has 0 heterocycles. The lowest BCUT2D eigenvalue weighted by molar-refractivity contribution is -0.143. The molecule has 1 unspecified atom stereocenters. The maximum Gasteiger partial charge on any atom is 0.318 e. The fraction of sp³-hybridized carbons (Fsp3) is 0.143. The van der Waals surface area contributed by atoms with Crippen LogP contribution in [0.5, 0.6) is 0 Å². The van der Waals surface area contributed by atoms with Gasteiger partial charge in [0.15, 0.2) is 5.78 Å². The van der Waals surface area contributed by atoms with Crippen LogP contribution in [-0.2, 0) is 9.59 Å². The van der Waals surface area contributed by atoms with E-state index in [-0.39, 0.29) is 5.03 Å². The summed E-state index contributed by atoms with van der Waals surface area (Å²) in [5, 5.41) is 8.72. The van der Waals surface area contributed by atoms with Crippen LogP contribution in [0.15, 0.2) is 23.3 Å². The second-order valence-electron chi connectivity index (χ2n) is 2.11. The minimum absolute atomic E-state index is 0.271. The molecule has 0 fully saturated rings. The number of rotatable bonds is 1. The van der Waals surface area contributed by atoms with Gasteiger partial charge in [-0.3, -0.25) is 9.59 Å². The van der Waals surface area contributed by atoms with E-state index in [1.54, 1.807) is 0 Å². The average molecular weight is 173 g/mol. The zero-order valence-electron chi connectivity index (χ0n) is 5.45. The zero-order chi connectivity index (χ0) is 8.43. The van der Waals surface area contributed by atoms with Crippen LogP contribution in [0.4, 0.5) is 0 Å². The highest BCUT2D eigenvalue weighted by Gasteiger charge is 2.23. The van der Waals surface area contributed by atoms with E-state index in [2.05, 4.69) is 0 Å². The van der Waals surface area contributed by atoms with E-state index in [0.29, 0.717) is 0 Å². The van der Waals surface area contributed by atoms with Crippen LogP contribution in [0.3, 0.4) is 0 Å². The summed E-state index contributed by atoms with van der Waals surface area (Å²) in [6.07, 6.45) is 3.79. The Morgan fingerprint density at radius 1 is 1.64 bits per heavy atom. The van der Waals surface area contributed by atoms with E-state index in [0.717, 1.165) is 6.08 Å². The Labute approximate surface area is 68.0 Å². The quantitative estimate of drug-likeness (QED) is 0.599. The van der Waals surface area contributed by atoms with Gasteiger partial charge in [0, 0.05) is 11.1 Å². The third kappa shape index (κ3) is 1.68. The SMILES string of the molecule is O=C(O)C1C=CC(Cl)=CC1=O. The van der Waals surface area contributed by atoms with Crippen molar-refractivity contribution in [3.63, 3.8) is 0 Å². The Hall–Kier alpha value is -1.09. The van der Waals surface area contributed by atoms with E-state index in [1.165, 1.54) is 12.2 Å². The number of carbonyl (C=O) groups excluding carboxylic acids is 1. The third-order valence-corrected chi connectivity index (χ3v) is 1.54. The van der Waals surface area contributed by atoms with Gasteiger partial charge in [-0.1, -0.05) is 17.7 Å². The van der Waals surface area contributed by atoms with Gasteiger partial charge in [0.1, 0.15) is 5.92 Å². The third-order valence-electron chi connectivity index (χ3n) is 1.30. The monoisotopic (exact) mass is 172 g/mol. The number of halogens is 1. The molecule has 1 atom stereocenters. The van der Waals surface area contributed by atoms with Gasteiger partial charge in [-0.25, -0.2) is 0 Å². The summed E-state index contributed by atoms with van der Waals surface area (Å²) in [5.41, 5.74) is 0. The summed E-state index contributed by atoms with van der Waals surface area (Å²) >= 11 is 5.44. The van der Waals surface area contributed by atoms with Crippen LogP contribution in [0.2, 0.25) is 0 Å². The van der Waals surface area contributed by atoms with Crippen molar-refractivity contribution >= 4 is 23.4 Å². The predicted molar refractivity (Wildman–Crippen MR) is 39.2 cm³/mol. The van der Waals surface area contributed by atoms with Gasteiger partial charge in [0.25, 0.3) is 0 Å². The first-order chi connectivity index (χ1) is 5.11. The highest BCUT2D eigenvalue weighted by atomic mass is 35.5. The molecule has 0 spiro atoms. The number of carboxylic acids is 1. The van der Waals surface area contributed by atoms with Crippen LogP contribution >= 0.6 is 11.6 Å². The summed E-state index contributed by atoms with van der Waals surface area (Å²) in [4.78, 5) is 21.2. The highest BCUT2D eigenvalue weighted by Crippen LogP contribution is 2.15. The van der Waals surface area contributed by atoms with Gasteiger partial charge in [-0.05, 0) is 6.08 Å². The molecule has 0 radical (unpaired) electrons. The van der Waals surface area contributed by atoms with E-state index < -0.39 is 17.7 Å². The van der Waals surface area contributed by atoms with Crippen LogP contribution in [0.1, 0.15) is 0 Å².